The Morgan fingerprint density at radius 2 is 1.60 bits per heavy atom. The summed E-state index contributed by atoms with van der Waals surface area (Å²) in [5.74, 6) is 0. The summed E-state index contributed by atoms with van der Waals surface area (Å²) in [5.41, 5.74) is 0. The van der Waals surface area contributed by atoms with Gasteiger partial charge in [0.15, 0.2) is 0 Å². The van der Waals surface area contributed by atoms with E-state index in [0.717, 1.165) is 0 Å². The molecule has 3 heteroatoms. The Morgan fingerprint density at radius 1 is 1.20 bits per heavy atom. The number of rotatable bonds is 2. The van der Waals surface area contributed by atoms with Crippen LogP contribution in [0.25, 0.3) is 0 Å². The maximum atomic E-state index is 4.59. The molecule has 0 fully saturated rings. The molecule has 0 radical (unpaired) electrons. The molecule has 0 aromatic rings. The first kappa shape index (κ1) is 5.48. The third kappa shape index (κ3) is 4.48. The first-order chi connectivity index (χ1) is 2.41. The molecule has 0 aliphatic heterocycles. The molecule has 0 amide bonds. The van der Waals surface area contributed by atoms with Gasteiger partial charge < -0.3 is 0 Å². The van der Waals surface area contributed by atoms with Crippen molar-refractivity contribution in [1.82, 2.24) is 0 Å². The summed E-state index contributed by atoms with van der Waals surface area (Å²) < 4.78 is 9.19. The van der Waals surface area contributed by atoms with Crippen LogP contribution in [0.5, 0.6) is 0 Å². The van der Waals surface area contributed by atoms with Crippen LogP contribution in [0.1, 0.15) is 0 Å². The first-order valence-corrected chi connectivity index (χ1v) is 2.94. The quantitative estimate of drug-likeness (QED) is 0.481. The molecule has 0 heterocycles. The normalized spacial score (nSPS) is 8.40. The zero-order valence-electron chi connectivity index (χ0n) is 3.32. The molecular weight excluding hydrogens is 131 g/mol. The second-order valence-corrected chi connectivity index (χ2v) is 2.55. The van der Waals surface area contributed by atoms with Gasteiger partial charge in [0.25, 0.3) is 0 Å². The molecule has 0 N–H and O–H groups in total. The predicted octanol–water partition coefficient (Wildman–Crippen LogP) is -0.454. The Morgan fingerprint density at radius 3 is 1.60 bits per heavy atom. The van der Waals surface area contributed by atoms with Crippen LogP contribution in [0, 0.1) is 0 Å². The summed E-state index contributed by atoms with van der Waals surface area (Å²) >= 11 is -0.472. The van der Waals surface area contributed by atoms with Gasteiger partial charge in [0.1, 0.15) is 0 Å². The monoisotopic (exact) mass is 138 g/mol. The van der Waals surface area contributed by atoms with E-state index in [0.29, 0.717) is 0 Å². The van der Waals surface area contributed by atoms with E-state index in [1.165, 1.54) is 0 Å². The summed E-state index contributed by atoms with van der Waals surface area (Å²) in [6.07, 6.45) is 0. The standard InChI is InChI=1S/C2H7AsO2/c1-4-3-5-2/h3H,1-2H3. The van der Waals surface area contributed by atoms with Gasteiger partial charge in [-0.15, -0.1) is 0 Å². The van der Waals surface area contributed by atoms with Crippen molar-refractivity contribution >= 4 is 16.4 Å². The van der Waals surface area contributed by atoms with Gasteiger partial charge in [0.2, 0.25) is 0 Å². The average Bonchev–Trinajstić information content (AvgIpc) is 1.41. The van der Waals surface area contributed by atoms with Gasteiger partial charge in [-0.2, -0.15) is 0 Å². The van der Waals surface area contributed by atoms with E-state index in [1.807, 2.05) is 0 Å². The Kier molecular flexibility index (Phi) is 4.91. The molecule has 0 spiro atoms. The molecular formula is C2H7AsO2. The van der Waals surface area contributed by atoms with Crippen LogP contribution in [0.4, 0.5) is 0 Å². The molecule has 5 heavy (non-hydrogen) atoms. The second-order valence-electron chi connectivity index (χ2n) is 0.492. The molecule has 0 saturated heterocycles. The van der Waals surface area contributed by atoms with E-state index in [2.05, 4.69) is 7.45 Å². The molecule has 0 aromatic carbocycles. The predicted molar refractivity (Wildman–Crippen MR) is 21.2 cm³/mol. The SMILES string of the molecule is CO[AsH]OC. The second kappa shape index (κ2) is 4.48. The van der Waals surface area contributed by atoms with Crippen molar-refractivity contribution in [3.8, 4) is 0 Å². The third-order valence-electron chi connectivity index (χ3n) is 0.167. The van der Waals surface area contributed by atoms with Gasteiger partial charge >= 0.3 is 38.1 Å². The molecule has 0 saturated carbocycles. The topological polar surface area (TPSA) is 18.5 Å². The Hall–Kier alpha value is 0.478. The zero-order chi connectivity index (χ0) is 4.12. The van der Waals surface area contributed by atoms with Gasteiger partial charge in [0, 0.05) is 0 Å². The van der Waals surface area contributed by atoms with Crippen molar-refractivity contribution in [3.05, 3.63) is 0 Å². The fourth-order valence-electron chi connectivity index (χ4n) is 0.0833. The summed E-state index contributed by atoms with van der Waals surface area (Å²) in [6.45, 7) is 0. The van der Waals surface area contributed by atoms with E-state index in [1.54, 1.807) is 14.2 Å². The average molecular weight is 138 g/mol. The van der Waals surface area contributed by atoms with Crippen molar-refractivity contribution in [2.75, 3.05) is 14.2 Å². The summed E-state index contributed by atoms with van der Waals surface area (Å²) in [7, 11) is 3.28. The van der Waals surface area contributed by atoms with E-state index in [9.17, 15) is 0 Å². The molecule has 0 aliphatic rings. The van der Waals surface area contributed by atoms with E-state index in [-0.39, 0.29) is 0 Å². The molecule has 2 nitrogen and oxygen atoms in total. The van der Waals surface area contributed by atoms with Crippen LogP contribution in [-0.4, -0.2) is 30.7 Å². The van der Waals surface area contributed by atoms with Crippen molar-refractivity contribution < 1.29 is 7.45 Å². The van der Waals surface area contributed by atoms with Gasteiger partial charge in [-0.1, -0.05) is 0 Å². The van der Waals surface area contributed by atoms with Gasteiger partial charge in [-0.05, 0) is 0 Å². The molecule has 0 rings (SSSR count). The Bertz CT molecular complexity index is 15.1. The summed E-state index contributed by atoms with van der Waals surface area (Å²) in [5, 5.41) is 0. The van der Waals surface area contributed by atoms with Crippen molar-refractivity contribution in [1.29, 1.82) is 0 Å². The maximum absolute atomic E-state index is 4.59. The minimum atomic E-state index is -0.472. The van der Waals surface area contributed by atoms with Crippen molar-refractivity contribution in [2.45, 2.75) is 0 Å². The van der Waals surface area contributed by atoms with E-state index < -0.39 is 16.4 Å². The molecule has 0 bridgehead atoms. The fraction of sp³-hybridized carbons (Fsp3) is 1.00. The Labute approximate surface area is 38.9 Å². The minimum absolute atomic E-state index is 0.472. The van der Waals surface area contributed by atoms with Crippen LogP contribution in [0.15, 0.2) is 0 Å². The van der Waals surface area contributed by atoms with Crippen LogP contribution in [-0.2, 0) is 7.45 Å². The molecule has 0 aromatic heterocycles. The molecule has 0 aliphatic carbocycles. The van der Waals surface area contributed by atoms with Crippen LogP contribution < -0.4 is 0 Å². The number of hydrogen-bond donors (Lipinski definition) is 0. The van der Waals surface area contributed by atoms with Crippen molar-refractivity contribution in [3.63, 3.8) is 0 Å². The fourth-order valence-corrected chi connectivity index (χ4v) is 0.433. The zero-order valence-corrected chi connectivity index (χ0v) is 5.41. The van der Waals surface area contributed by atoms with Crippen molar-refractivity contribution in [2.24, 2.45) is 0 Å². The third-order valence-corrected chi connectivity index (χ3v) is 0.866. The van der Waals surface area contributed by atoms with Crippen LogP contribution in [0.2, 0.25) is 0 Å². The van der Waals surface area contributed by atoms with Gasteiger partial charge in [-0.3, -0.25) is 0 Å². The summed E-state index contributed by atoms with van der Waals surface area (Å²) in [4.78, 5) is 0. The summed E-state index contributed by atoms with van der Waals surface area (Å²) in [6, 6.07) is 0. The van der Waals surface area contributed by atoms with Crippen LogP contribution >= 0.6 is 0 Å². The van der Waals surface area contributed by atoms with Gasteiger partial charge in [-0.25, -0.2) is 0 Å². The molecule has 0 unspecified atom stereocenters. The van der Waals surface area contributed by atoms with Crippen LogP contribution in [0.3, 0.4) is 0 Å². The number of hydrogen-bond acceptors (Lipinski definition) is 2. The Balaban J connectivity index is 2.19. The molecule has 0 atom stereocenters. The van der Waals surface area contributed by atoms with Gasteiger partial charge in [0.05, 0.1) is 0 Å². The molecule has 32 valence electrons. The van der Waals surface area contributed by atoms with E-state index in [4.69, 9.17) is 0 Å². The van der Waals surface area contributed by atoms with E-state index >= 15 is 0 Å². The first-order valence-electron chi connectivity index (χ1n) is 1.22.